The molecule has 0 aliphatic carbocycles. The van der Waals surface area contributed by atoms with E-state index in [4.69, 9.17) is 9.47 Å². The topological polar surface area (TPSA) is 50.8 Å². The molecule has 3 rings (SSSR count). The number of carbonyl (C=O) groups is 1. The molecule has 1 saturated heterocycles. The fourth-order valence-electron chi connectivity index (χ4n) is 2.97. The van der Waals surface area contributed by atoms with Crippen LogP contribution in [0.5, 0.6) is 11.5 Å². The van der Waals surface area contributed by atoms with Gasteiger partial charge in [-0.15, -0.1) is 0 Å². The van der Waals surface area contributed by atoms with Crippen LogP contribution in [-0.2, 0) is 0 Å². The first-order valence-electron chi connectivity index (χ1n) is 8.23. The maximum atomic E-state index is 12.2. The molecule has 5 nitrogen and oxygen atoms in total. The zero-order valence-corrected chi connectivity index (χ0v) is 13.0. The third-order valence-electron chi connectivity index (χ3n) is 4.19. The van der Waals surface area contributed by atoms with Crippen molar-refractivity contribution in [3.63, 3.8) is 0 Å². The Kier molecular flexibility index (Phi) is 5.16. The number of nitrogens with zero attached hydrogens (tertiary/aromatic N) is 1. The average Bonchev–Trinajstić information content (AvgIpc) is 2.59. The van der Waals surface area contributed by atoms with E-state index >= 15 is 0 Å². The van der Waals surface area contributed by atoms with Crippen molar-refractivity contribution in [2.75, 3.05) is 39.4 Å². The molecule has 2 aliphatic heterocycles. The highest BCUT2D eigenvalue weighted by Gasteiger charge is 2.15. The van der Waals surface area contributed by atoms with Gasteiger partial charge < -0.3 is 19.7 Å². The van der Waals surface area contributed by atoms with Gasteiger partial charge in [-0.1, -0.05) is 6.42 Å². The molecule has 0 saturated carbocycles. The Morgan fingerprint density at radius 3 is 2.68 bits per heavy atom. The van der Waals surface area contributed by atoms with E-state index < -0.39 is 0 Å². The van der Waals surface area contributed by atoms with Gasteiger partial charge in [0.2, 0.25) is 0 Å². The van der Waals surface area contributed by atoms with E-state index in [2.05, 4.69) is 10.2 Å². The lowest BCUT2D eigenvalue weighted by molar-refractivity contribution is 0.0950. The lowest BCUT2D eigenvalue weighted by Gasteiger charge is -2.26. The second kappa shape index (κ2) is 7.49. The van der Waals surface area contributed by atoms with Crippen molar-refractivity contribution in [2.24, 2.45) is 0 Å². The number of benzene rings is 1. The van der Waals surface area contributed by atoms with Gasteiger partial charge in [0.05, 0.1) is 0 Å². The third-order valence-corrected chi connectivity index (χ3v) is 4.19. The minimum absolute atomic E-state index is 0.0457. The smallest absolute Gasteiger partial charge is 0.251 e. The number of fused-ring (bicyclic) bond motifs is 1. The van der Waals surface area contributed by atoms with Crippen LogP contribution in [0.2, 0.25) is 0 Å². The van der Waals surface area contributed by atoms with Gasteiger partial charge in [-0.2, -0.15) is 0 Å². The molecule has 0 unspecified atom stereocenters. The lowest BCUT2D eigenvalue weighted by atomic mass is 10.1. The molecule has 1 aromatic rings. The SMILES string of the molecule is O=C(NCCCN1CCCCC1)c1ccc2c(c1)OCCO2. The minimum atomic E-state index is -0.0457. The highest BCUT2D eigenvalue weighted by atomic mass is 16.6. The summed E-state index contributed by atoms with van der Waals surface area (Å²) in [6.45, 7) is 5.29. The maximum Gasteiger partial charge on any atom is 0.251 e. The number of amides is 1. The minimum Gasteiger partial charge on any atom is -0.486 e. The largest absolute Gasteiger partial charge is 0.486 e. The summed E-state index contributed by atoms with van der Waals surface area (Å²) in [5, 5.41) is 2.98. The quantitative estimate of drug-likeness (QED) is 0.846. The molecule has 0 spiro atoms. The van der Waals surface area contributed by atoms with Crippen molar-refractivity contribution >= 4 is 5.91 Å². The van der Waals surface area contributed by atoms with Crippen molar-refractivity contribution in [3.05, 3.63) is 23.8 Å². The second-order valence-electron chi connectivity index (χ2n) is 5.87. The number of piperidine rings is 1. The molecule has 1 aromatic carbocycles. The Bertz CT molecular complexity index is 513. The standard InChI is InChI=1S/C17H24N2O3/c20-17(18-7-4-10-19-8-2-1-3-9-19)14-5-6-15-16(13-14)22-12-11-21-15/h5-6,13H,1-4,7-12H2,(H,18,20). The van der Waals surface area contributed by atoms with Crippen LogP contribution in [0.4, 0.5) is 0 Å². The Morgan fingerprint density at radius 1 is 1.09 bits per heavy atom. The summed E-state index contributed by atoms with van der Waals surface area (Å²) < 4.78 is 11.0. The summed E-state index contributed by atoms with van der Waals surface area (Å²) in [4.78, 5) is 14.6. The summed E-state index contributed by atoms with van der Waals surface area (Å²) >= 11 is 0. The summed E-state index contributed by atoms with van der Waals surface area (Å²) in [5.74, 6) is 1.33. The van der Waals surface area contributed by atoms with E-state index in [1.54, 1.807) is 18.2 Å². The molecule has 0 aromatic heterocycles. The molecule has 0 bridgehead atoms. The van der Waals surface area contributed by atoms with Gasteiger partial charge in [-0.05, 0) is 57.1 Å². The van der Waals surface area contributed by atoms with Gasteiger partial charge in [0.25, 0.3) is 5.91 Å². The van der Waals surface area contributed by atoms with Gasteiger partial charge in [0.1, 0.15) is 13.2 Å². The lowest BCUT2D eigenvalue weighted by Crippen LogP contribution is -2.33. The molecule has 0 atom stereocenters. The molecule has 2 aliphatic rings. The fraction of sp³-hybridized carbons (Fsp3) is 0.588. The van der Waals surface area contributed by atoms with E-state index in [-0.39, 0.29) is 5.91 Å². The van der Waals surface area contributed by atoms with Crippen LogP contribution in [0.15, 0.2) is 18.2 Å². The Labute approximate surface area is 131 Å². The maximum absolute atomic E-state index is 12.2. The Balaban J connectivity index is 1.43. The molecule has 1 fully saturated rings. The summed E-state index contributed by atoms with van der Waals surface area (Å²) in [5.41, 5.74) is 0.627. The van der Waals surface area contributed by atoms with Crippen molar-refractivity contribution in [1.82, 2.24) is 10.2 Å². The third kappa shape index (κ3) is 3.91. The van der Waals surface area contributed by atoms with E-state index in [0.717, 1.165) is 13.0 Å². The van der Waals surface area contributed by atoms with Gasteiger partial charge in [0.15, 0.2) is 11.5 Å². The van der Waals surface area contributed by atoms with E-state index in [1.807, 2.05) is 0 Å². The van der Waals surface area contributed by atoms with E-state index in [1.165, 1.54) is 32.4 Å². The molecule has 1 N–H and O–H groups in total. The monoisotopic (exact) mass is 304 g/mol. The molecular weight excluding hydrogens is 280 g/mol. The van der Waals surface area contributed by atoms with Crippen LogP contribution in [0.3, 0.4) is 0 Å². The van der Waals surface area contributed by atoms with Crippen LogP contribution < -0.4 is 14.8 Å². The number of hydrogen-bond donors (Lipinski definition) is 1. The normalized spacial score (nSPS) is 18.0. The van der Waals surface area contributed by atoms with Gasteiger partial charge >= 0.3 is 0 Å². The number of rotatable bonds is 5. The Morgan fingerprint density at radius 2 is 1.86 bits per heavy atom. The molecule has 5 heteroatoms. The van der Waals surface area contributed by atoms with Crippen molar-refractivity contribution in [1.29, 1.82) is 0 Å². The number of ether oxygens (including phenoxy) is 2. The molecule has 0 radical (unpaired) electrons. The second-order valence-corrected chi connectivity index (χ2v) is 5.87. The summed E-state index contributed by atoms with van der Waals surface area (Å²) in [6.07, 6.45) is 4.97. The molecule has 120 valence electrons. The first-order valence-corrected chi connectivity index (χ1v) is 8.23. The molecular formula is C17H24N2O3. The van der Waals surface area contributed by atoms with Crippen LogP contribution in [0, 0.1) is 0 Å². The Hall–Kier alpha value is -1.75. The number of hydrogen-bond acceptors (Lipinski definition) is 4. The van der Waals surface area contributed by atoms with Crippen molar-refractivity contribution in [3.8, 4) is 11.5 Å². The van der Waals surface area contributed by atoms with E-state index in [0.29, 0.717) is 36.8 Å². The predicted octanol–water partition coefficient (Wildman–Crippen LogP) is 2.06. The van der Waals surface area contributed by atoms with Gasteiger partial charge in [-0.25, -0.2) is 0 Å². The van der Waals surface area contributed by atoms with E-state index in [9.17, 15) is 4.79 Å². The summed E-state index contributed by atoms with van der Waals surface area (Å²) in [7, 11) is 0. The van der Waals surface area contributed by atoms with Crippen molar-refractivity contribution < 1.29 is 14.3 Å². The molecule has 2 heterocycles. The zero-order valence-electron chi connectivity index (χ0n) is 13.0. The predicted molar refractivity (Wildman–Crippen MR) is 84.7 cm³/mol. The van der Waals surface area contributed by atoms with Gasteiger partial charge in [-0.3, -0.25) is 4.79 Å². The number of carbonyl (C=O) groups excluding carboxylic acids is 1. The first kappa shape index (κ1) is 15.2. The number of nitrogens with one attached hydrogen (secondary N) is 1. The average molecular weight is 304 g/mol. The van der Waals surface area contributed by atoms with Gasteiger partial charge in [0, 0.05) is 12.1 Å². The number of likely N-dealkylation sites (tertiary alicyclic amines) is 1. The molecule has 1 amide bonds. The van der Waals surface area contributed by atoms with Crippen LogP contribution >= 0.6 is 0 Å². The summed E-state index contributed by atoms with van der Waals surface area (Å²) in [6, 6.07) is 5.35. The van der Waals surface area contributed by atoms with Crippen LogP contribution in [0.25, 0.3) is 0 Å². The highest BCUT2D eigenvalue weighted by Crippen LogP contribution is 2.30. The fourth-order valence-corrected chi connectivity index (χ4v) is 2.97. The highest BCUT2D eigenvalue weighted by molar-refractivity contribution is 5.94. The van der Waals surface area contributed by atoms with Crippen LogP contribution in [-0.4, -0.2) is 50.2 Å². The van der Waals surface area contributed by atoms with Crippen LogP contribution in [0.1, 0.15) is 36.0 Å². The molecule has 22 heavy (non-hydrogen) atoms. The van der Waals surface area contributed by atoms with Crippen molar-refractivity contribution in [2.45, 2.75) is 25.7 Å². The first-order chi connectivity index (χ1) is 10.8. The zero-order chi connectivity index (χ0) is 15.2.